The van der Waals surface area contributed by atoms with E-state index in [-0.39, 0.29) is 36.4 Å². The summed E-state index contributed by atoms with van der Waals surface area (Å²) in [5, 5.41) is 2.06. The Labute approximate surface area is 141 Å². The summed E-state index contributed by atoms with van der Waals surface area (Å²) in [4.78, 5) is 16.1. The van der Waals surface area contributed by atoms with Gasteiger partial charge in [0.05, 0.1) is 19.1 Å². The smallest absolute Gasteiger partial charge is 0.227 e. The number of fused-ring (bicyclic) bond motifs is 2. The topological polar surface area (TPSA) is 55.6 Å². The van der Waals surface area contributed by atoms with Gasteiger partial charge in [-0.25, -0.2) is 0 Å². The van der Waals surface area contributed by atoms with Gasteiger partial charge in [0.25, 0.3) is 0 Å². The second kappa shape index (κ2) is 6.48. The van der Waals surface area contributed by atoms with Crippen molar-refractivity contribution in [2.24, 2.45) is 23.5 Å². The van der Waals surface area contributed by atoms with E-state index >= 15 is 0 Å². The summed E-state index contributed by atoms with van der Waals surface area (Å²) < 4.78 is 5.84. The number of nitrogens with zero attached hydrogens (tertiary/aromatic N) is 1. The number of thiophene rings is 1. The molecule has 4 nitrogen and oxygen atoms in total. The zero-order chi connectivity index (χ0) is 14.4. The Morgan fingerprint density at radius 1 is 1.36 bits per heavy atom. The molecule has 1 amide bonds. The standard InChI is InChI=1S/C16H22N2O2S.ClH/c17-15-11-4-3-10(8-11)14(15)16(19)18-5-6-20-12(9-18)13-2-1-7-21-13;/h1-2,7,10-12,14-15H,3-6,8-9,17H2;1H. The van der Waals surface area contributed by atoms with E-state index in [1.54, 1.807) is 11.3 Å². The molecule has 122 valence electrons. The number of nitrogens with two attached hydrogens (primary N) is 1. The molecule has 1 aliphatic heterocycles. The molecule has 3 aliphatic rings. The van der Waals surface area contributed by atoms with E-state index in [0.29, 0.717) is 31.5 Å². The van der Waals surface area contributed by atoms with Gasteiger partial charge >= 0.3 is 0 Å². The van der Waals surface area contributed by atoms with Gasteiger partial charge in [-0.3, -0.25) is 4.79 Å². The van der Waals surface area contributed by atoms with Gasteiger partial charge in [-0.2, -0.15) is 0 Å². The number of rotatable bonds is 2. The van der Waals surface area contributed by atoms with Crippen LogP contribution < -0.4 is 5.73 Å². The first-order valence-electron chi connectivity index (χ1n) is 7.93. The molecule has 2 aliphatic carbocycles. The van der Waals surface area contributed by atoms with Crippen molar-refractivity contribution in [2.75, 3.05) is 19.7 Å². The molecular formula is C16H23ClN2O2S. The molecule has 2 saturated carbocycles. The first-order valence-corrected chi connectivity index (χ1v) is 8.81. The molecule has 2 heterocycles. The fraction of sp³-hybridized carbons (Fsp3) is 0.688. The van der Waals surface area contributed by atoms with Gasteiger partial charge in [0.1, 0.15) is 6.10 Å². The third-order valence-electron chi connectivity index (χ3n) is 5.50. The highest BCUT2D eigenvalue weighted by Crippen LogP contribution is 2.48. The molecule has 1 aromatic rings. The van der Waals surface area contributed by atoms with Crippen molar-refractivity contribution in [3.63, 3.8) is 0 Å². The van der Waals surface area contributed by atoms with Gasteiger partial charge < -0.3 is 15.4 Å². The van der Waals surface area contributed by atoms with Crippen LogP contribution in [0.25, 0.3) is 0 Å². The number of ether oxygens (including phenoxy) is 1. The van der Waals surface area contributed by atoms with Crippen LogP contribution in [0.3, 0.4) is 0 Å². The molecular weight excluding hydrogens is 320 g/mol. The Balaban J connectivity index is 0.00000144. The number of halogens is 1. The number of hydrogen-bond donors (Lipinski definition) is 1. The molecule has 2 N–H and O–H groups in total. The first kappa shape index (κ1) is 16.2. The van der Waals surface area contributed by atoms with E-state index in [2.05, 4.69) is 11.4 Å². The van der Waals surface area contributed by atoms with Crippen LogP contribution in [0.4, 0.5) is 0 Å². The number of carbonyl (C=O) groups is 1. The van der Waals surface area contributed by atoms with Crippen LogP contribution >= 0.6 is 23.7 Å². The molecule has 0 radical (unpaired) electrons. The van der Waals surface area contributed by atoms with Crippen LogP contribution in [0.15, 0.2) is 17.5 Å². The van der Waals surface area contributed by atoms with Crippen LogP contribution in [0.1, 0.15) is 30.2 Å². The number of amides is 1. The summed E-state index contributed by atoms with van der Waals surface area (Å²) in [6.07, 6.45) is 3.61. The van der Waals surface area contributed by atoms with E-state index in [4.69, 9.17) is 10.5 Å². The molecule has 4 rings (SSSR count). The number of morpholine rings is 1. The lowest BCUT2D eigenvalue weighted by Crippen LogP contribution is -2.50. The van der Waals surface area contributed by atoms with E-state index in [9.17, 15) is 4.79 Å². The minimum Gasteiger partial charge on any atom is -0.369 e. The van der Waals surface area contributed by atoms with Gasteiger partial charge in [-0.15, -0.1) is 23.7 Å². The van der Waals surface area contributed by atoms with Gasteiger partial charge in [-0.1, -0.05) is 6.07 Å². The molecule has 5 atom stereocenters. The second-order valence-electron chi connectivity index (χ2n) is 6.60. The van der Waals surface area contributed by atoms with Gasteiger partial charge in [0, 0.05) is 17.5 Å². The molecule has 2 bridgehead atoms. The van der Waals surface area contributed by atoms with Gasteiger partial charge in [0.15, 0.2) is 0 Å². The maximum atomic E-state index is 12.9. The minimum absolute atomic E-state index is 0. The van der Waals surface area contributed by atoms with Crippen LogP contribution in [0.2, 0.25) is 0 Å². The summed E-state index contributed by atoms with van der Waals surface area (Å²) in [5.41, 5.74) is 6.32. The average molecular weight is 343 g/mol. The summed E-state index contributed by atoms with van der Waals surface area (Å²) in [5.74, 6) is 1.45. The molecule has 5 unspecified atom stereocenters. The van der Waals surface area contributed by atoms with Crippen molar-refractivity contribution in [1.29, 1.82) is 0 Å². The Kier molecular flexibility index (Phi) is 4.78. The third kappa shape index (κ3) is 2.68. The summed E-state index contributed by atoms with van der Waals surface area (Å²) >= 11 is 1.70. The third-order valence-corrected chi connectivity index (χ3v) is 6.47. The molecule has 0 spiro atoms. The van der Waals surface area contributed by atoms with Crippen molar-refractivity contribution in [1.82, 2.24) is 4.90 Å². The van der Waals surface area contributed by atoms with Gasteiger partial charge in [0.2, 0.25) is 5.91 Å². The Hall–Kier alpha value is -0.620. The largest absolute Gasteiger partial charge is 0.369 e. The van der Waals surface area contributed by atoms with Crippen LogP contribution in [-0.4, -0.2) is 36.5 Å². The Morgan fingerprint density at radius 2 is 2.18 bits per heavy atom. The van der Waals surface area contributed by atoms with E-state index in [1.165, 1.54) is 17.7 Å². The molecule has 1 aromatic heterocycles. The molecule has 1 saturated heterocycles. The molecule has 22 heavy (non-hydrogen) atoms. The lowest BCUT2D eigenvalue weighted by atomic mass is 9.84. The Bertz CT molecular complexity index is 522. The maximum Gasteiger partial charge on any atom is 0.227 e. The van der Waals surface area contributed by atoms with Crippen molar-refractivity contribution < 1.29 is 9.53 Å². The fourth-order valence-corrected chi connectivity index (χ4v) is 5.17. The average Bonchev–Trinajstić information content (AvgIpc) is 3.24. The van der Waals surface area contributed by atoms with Crippen LogP contribution in [-0.2, 0) is 9.53 Å². The fourth-order valence-electron chi connectivity index (χ4n) is 4.41. The van der Waals surface area contributed by atoms with E-state index < -0.39 is 0 Å². The SMILES string of the molecule is Cl.NC1C2CCC(C2)C1C(=O)N1CCOC(c2cccs2)C1. The van der Waals surface area contributed by atoms with Gasteiger partial charge in [-0.05, 0) is 42.5 Å². The molecule has 0 aromatic carbocycles. The normalized spacial score (nSPS) is 37.1. The highest BCUT2D eigenvalue weighted by atomic mass is 35.5. The minimum atomic E-state index is 0. The number of carbonyl (C=O) groups excluding carboxylic acids is 1. The van der Waals surface area contributed by atoms with Crippen molar-refractivity contribution in [3.05, 3.63) is 22.4 Å². The lowest BCUT2D eigenvalue weighted by molar-refractivity contribution is -0.145. The monoisotopic (exact) mass is 342 g/mol. The highest BCUT2D eigenvalue weighted by Gasteiger charge is 2.50. The van der Waals surface area contributed by atoms with Crippen LogP contribution in [0.5, 0.6) is 0 Å². The second-order valence-corrected chi connectivity index (χ2v) is 7.57. The highest BCUT2D eigenvalue weighted by molar-refractivity contribution is 7.10. The molecule has 6 heteroatoms. The Morgan fingerprint density at radius 3 is 2.86 bits per heavy atom. The zero-order valence-electron chi connectivity index (χ0n) is 12.5. The summed E-state index contributed by atoms with van der Waals surface area (Å²) in [6.45, 7) is 2.02. The maximum absolute atomic E-state index is 12.9. The van der Waals surface area contributed by atoms with Crippen molar-refractivity contribution in [3.8, 4) is 0 Å². The summed E-state index contributed by atoms with van der Waals surface area (Å²) in [6, 6.07) is 4.21. The predicted octanol–water partition coefficient (Wildman–Crippen LogP) is 2.44. The zero-order valence-corrected chi connectivity index (χ0v) is 14.2. The van der Waals surface area contributed by atoms with E-state index in [1.807, 2.05) is 11.0 Å². The number of hydrogen-bond acceptors (Lipinski definition) is 4. The predicted molar refractivity (Wildman–Crippen MR) is 89.1 cm³/mol. The first-order chi connectivity index (χ1) is 10.2. The lowest BCUT2D eigenvalue weighted by Gasteiger charge is -2.37. The van der Waals surface area contributed by atoms with Crippen molar-refractivity contribution >= 4 is 29.7 Å². The van der Waals surface area contributed by atoms with Crippen LogP contribution in [0, 0.1) is 17.8 Å². The molecule has 3 fully saturated rings. The summed E-state index contributed by atoms with van der Waals surface area (Å²) in [7, 11) is 0. The van der Waals surface area contributed by atoms with Crippen molar-refractivity contribution in [2.45, 2.75) is 31.4 Å². The van der Waals surface area contributed by atoms with E-state index in [0.717, 1.165) is 6.42 Å². The quantitative estimate of drug-likeness (QED) is 0.898.